The van der Waals surface area contributed by atoms with Crippen LogP contribution in [-0.4, -0.2) is 15.0 Å². The second-order valence-corrected chi connectivity index (χ2v) is 1.40. The molecule has 0 atom stereocenters. The third-order valence-corrected chi connectivity index (χ3v) is 0.858. The average molecular weight is 152 g/mol. The van der Waals surface area contributed by atoms with E-state index in [4.69, 9.17) is 5.73 Å². The van der Waals surface area contributed by atoms with Crippen LogP contribution in [0.2, 0.25) is 0 Å². The Labute approximate surface area is 59.4 Å². The van der Waals surface area contributed by atoms with Crippen LogP contribution in [0.5, 0.6) is 0 Å². The topological polar surface area (TPSA) is 75.3 Å². The zero-order valence-corrected chi connectivity index (χ0v) is 5.85. The molecular weight excluding hydrogens is 142 g/mol. The molecule has 5 heteroatoms. The molecule has 0 radical (unpaired) electrons. The fraction of sp³-hybridized carbons (Fsp3) is 0.250. The highest BCUT2D eigenvalue weighted by Gasteiger charge is 1.84. The lowest BCUT2D eigenvalue weighted by Gasteiger charge is -1.87. The first-order valence-corrected chi connectivity index (χ1v) is 2.03. The number of nitrogens with zero attached hydrogens (tertiary/aromatic N) is 2. The molecule has 0 amide bonds. The number of aryl methyl sites for hydroxylation is 1. The zero-order valence-electron chi connectivity index (χ0n) is 5.03. The molecule has 0 spiro atoms. The fourth-order valence-electron chi connectivity index (χ4n) is 0.377. The minimum atomic E-state index is 0. The molecule has 0 bridgehead atoms. The van der Waals surface area contributed by atoms with Gasteiger partial charge in [-0.05, 0) is 0 Å². The quantitative estimate of drug-likeness (QED) is 0.548. The van der Waals surface area contributed by atoms with Crippen molar-refractivity contribution in [3.8, 4) is 0 Å². The number of anilines is 1. The van der Waals surface area contributed by atoms with Crippen molar-refractivity contribution in [1.29, 1.82) is 0 Å². The van der Waals surface area contributed by atoms with Crippen molar-refractivity contribution in [2.45, 2.75) is 0 Å². The van der Waals surface area contributed by atoms with Crippen molar-refractivity contribution >= 4 is 18.4 Å². The number of hydrogen-bond donors (Lipinski definition) is 1. The van der Waals surface area contributed by atoms with Gasteiger partial charge >= 0.3 is 0 Å². The summed E-state index contributed by atoms with van der Waals surface area (Å²) in [5.74, 6) is 0.556. The van der Waals surface area contributed by atoms with Gasteiger partial charge in [-0.2, -0.15) is 0 Å². The van der Waals surface area contributed by atoms with E-state index < -0.39 is 0 Å². The van der Waals surface area contributed by atoms with Gasteiger partial charge in [0, 0.05) is 19.4 Å². The molecule has 0 aliphatic carbocycles. The molecule has 0 aliphatic rings. The monoisotopic (exact) mass is 151 g/mol. The summed E-state index contributed by atoms with van der Waals surface area (Å²) in [7, 11) is 1.85. The molecule has 0 saturated heterocycles. The lowest BCUT2D eigenvalue weighted by molar-refractivity contribution is 0.824. The summed E-state index contributed by atoms with van der Waals surface area (Å²) < 4.78 is 1.75. The van der Waals surface area contributed by atoms with Crippen LogP contribution < -0.4 is 5.73 Å². The van der Waals surface area contributed by atoms with E-state index in [2.05, 4.69) is 4.98 Å². The van der Waals surface area contributed by atoms with E-state index in [1.54, 1.807) is 17.0 Å². The smallest absolute Gasteiger partial charge is 0.199 e. The highest BCUT2D eigenvalue weighted by atomic mass is 35.5. The van der Waals surface area contributed by atoms with Gasteiger partial charge in [0.25, 0.3) is 0 Å². The molecule has 1 rings (SSSR count). The van der Waals surface area contributed by atoms with Gasteiger partial charge in [-0.1, -0.05) is 0 Å². The summed E-state index contributed by atoms with van der Waals surface area (Å²) in [4.78, 5) is 3.76. The van der Waals surface area contributed by atoms with Crippen molar-refractivity contribution < 1.29 is 5.48 Å². The van der Waals surface area contributed by atoms with Gasteiger partial charge in [0.15, 0.2) is 5.95 Å². The maximum atomic E-state index is 5.29. The van der Waals surface area contributed by atoms with Crippen LogP contribution in [0.15, 0.2) is 12.4 Å². The molecular formula is C4H10ClN3O. The van der Waals surface area contributed by atoms with Crippen LogP contribution in [0.3, 0.4) is 0 Å². The molecule has 0 fully saturated rings. The molecule has 4 nitrogen and oxygen atoms in total. The van der Waals surface area contributed by atoms with E-state index in [-0.39, 0.29) is 17.9 Å². The van der Waals surface area contributed by atoms with Crippen molar-refractivity contribution in [3.63, 3.8) is 0 Å². The molecule has 1 aromatic heterocycles. The van der Waals surface area contributed by atoms with E-state index in [0.717, 1.165) is 0 Å². The van der Waals surface area contributed by atoms with Crippen molar-refractivity contribution in [2.75, 3.05) is 5.73 Å². The highest BCUT2D eigenvalue weighted by molar-refractivity contribution is 5.85. The first-order chi connectivity index (χ1) is 3.30. The predicted molar refractivity (Wildman–Crippen MR) is 38.5 cm³/mol. The molecule has 0 aliphatic heterocycles. The number of nitrogen functional groups attached to an aromatic ring is 1. The van der Waals surface area contributed by atoms with Crippen LogP contribution in [0.25, 0.3) is 0 Å². The van der Waals surface area contributed by atoms with Crippen molar-refractivity contribution in [3.05, 3.63) is 12.4 Å². The van der Waals surface area contributed by atoms with Crippen LogP contribution in [0.1, 0.15) is 0 Å². The Morgan fingerprint density at radius 1 is 1.67 bits per heavy atom. The Bertz CT molecular complexity index is 148. The first-order valence-electron chi connectivity index (χ1n) is 2.03. The maximum Gasteiger partial charge on any atom is 0.199 e. The van der Waals surface area contributed by atoms with Crippen molar-refractivity contribution in [1.82, 2.24) is 9.55 Å². The Kier molecular flexibility index (Phi) is 5.15. The van der Waals surface area contributed by atoms with Gasteiger partial charge in [-0.3, -0.25) is 0 Å². The molecule has 4 N–H and O–H groups in total. The van der Waals surface area contributed by atoms with Gasteiger partial charge < -0.3 is 15.8 Å². The molecule has 1 heterocycles. The van der Waals surface area contributed by atoms with Crippen LogP contribution in [0.4, 0.5) is 5.95 Å². The molecule has 0 unspecified atom stereocenters. The number of hydrogen-bond acceptors (Lipinski definition) is 2. The number of nitrogens with two attached hydrogens (primary N) is 1. The molecule has 0 aromatic carbocycles. The highest BCUT2D eigenvalue weighted by Crippen LogP contribution is 1.90. The van der Waals surface area contributed by atoms with E-state index in [9.17, 15) is 0 Å². The van der Waals surface area contributed by atoms with Gasteiger partial charge in [0.05, 0.1) is 0 Å². The Morgan fingerprint density at radius 3 is 2.33 bits per heavy atom. The number of aromatic nitrogens is 2. The van der Waals surface area contributed by atoms with Gasteiger partial charge in [0.2, 0.25) is 0 Å². The van der Waals surface area contributed by atoms with E-state index in [0.29, 0.717) is 5.95 Å². The second kappa shape index (κ2) is 4.17. The lowest BCUT2D eigenvalue weighted by Crippen LogP contribution is -1.94. The Hall–Kier alpha value is -0.740. The summed E-state index contributed by atoms with van der Waals surface area (Å²) >= 11 is 0. The van der Waals surface area contributed by atoms with E-state index in [1.807, 2.05) is 7.05 Å². The Balaban J connectivity index is 0. The van der Waals surface area contributed by atoms with Crippen LogP contribution >= 0.6 is 12.4 Å². The summed E-state index contributed by atoms with van der Waals surface area (Å²) in [5.41, 5.74) is 5.29. The SMILES string of the molecule is Cl.Cn1ccnc1N.O. The summed E-state index contributed by atoms with van der Waals surface area (Å²) in [5, 5.41) is 0. The normalized spacial score (nSPS) is 7.22. The largest absolute Gasteiger partial charge is 0.412 e. The minimum Gasteiger partial charge on any atom is -0.412 e. The summed E-state index contributed by atoms with van der Waals surface area (Å²) in [6.45, 7) is 0. The maximum absolute atomic E-state index is 5.29. The van der Waals surface area contributed by atoms with Crippen molar-refractivity contribution in [2.24, 2.45) is 7.05 Å². The van der Waals surface area contributed by atoms with Gasteiger partial charge in [0.1, 0.15) is 0 Å². The van der Waals surface area contributed by atoms with Gasteiger partial charge in [-0.15, -0.1) is 12.4 Å². The fourth-order valence-corrected chi connectivity index (χ4v) is 0.377. The standard InChI is InChI=1S/C4H7N3.ClH.H2O/c1-7-3-2-6-4(7)5;;/h2-3H,1H3,(H2,5,6);1H;1H2. The van der Waals surface area contributed by atoms with Gasteiger partial charge in [-0.25, -0.2) is 4.98 Å². The average Bonchev–Trinajstić information content (AvgIpc) is 1.91. The molecule has 54 valence electrons. The zero-order chi connectivity index (χ0) is 5.28. The number of imidazole rings is 1. The lowest BCUT2D eigenvalue weighted by atomic mass is 10.9. The summed E-state index contributed by atoms with van der Waals surface area (Å²) in [6, 6.07) is 0. The van der Waals surface area contributed by atoms with Crippen LogP contribution in [0, 0.1) is 0 Å². The van der Waals surface area contributed by atoms with Crippen LogP contribution in [-0.2, 0) is 7.05 Å². The Morgan fingerprint density at radius 2 is 2.22 bits per heavy atom. The second-order valence-electron chi connectivity index (χ2n) is 1.40. The number of halogens is 1. The van der Waals surface area contributed by atoms with E-state index >= 15 is 0 Å². The summed E-state index contributed by atoms with van der Waals surface area (Å²) in [6.07, 6.45) is 3.46. The molecule has 1 aromatic rings. The van der Waals surface area contributed by atoms with E-state index in [1.165, 1.54) is 0 Å². The predicted octanol–water partition coefficient (Wildman–Crippen LogP) is -0.401. The molecule has 0 saturated carbocycles. The number of rotatable bonds is 0. The molecule has 9 heavy (non-hydrogen) atoms. The minimum absolute atomic E-state index is 0. The third kappa shape index (κ3) is 2.34. The first kappa shape index (κ1) is 11.1. The third-order valence-electron chi connectivity index (χ3n) is 0.858.